The van der Waals surface area contributed by atoms with E-state index in [1.807, 2.05) is 20.8 Å². The van der Waals surface area contributed by atoms with Gasteiger partial charge in [-0.05, 0) is 20.8 Å². The first-order valence-corrected chi connectivity index (χ1v) is 7.09. The lowest BCUT2D eigenvalue weighted by molar-refractivity contribution is 0.00156. The number of ketones is 1. The van der Waals surface area contributed by atoms with Gasteiger partial charge in [-0.2, -0.15) is 0 Å². The fourth-order valence-electron chi connectivity index (χ4n) is 1.69. The van der Waals surface area contributed by atoms with Crippen molar-refractivity contribution in [3.63, 3.8) is 0 Å². The number of amides is 1. The van der Waals surface area contributed by atoms with Gasteiger partial charge in [-0.1, -0.05) is 22.9 Å². The molecular formula is C12H15ClN2O3S. The third kappa shape index (κ3) is 3.45. The average molecular weight is 303 g/mol. The molecule has 0 aromatic carbocycles. The number of hydrogen-bond donors (Lipinski definition) is 0. The summed E-state index contributed by atoms with van der Waals surface area (Å²) in [6, 6.07) is 0. The summed E-state index contributed by atoms with van der Waals surface area (Å²) >= 11 is 6.86. The van der Waals surface area contributed by atoms with Crippen molar-refractivity contribution in [3.8, 4) is 0 Å². The van der Waals surface area contributed by atoms with E-state index in [-0.39, 0.29) is 17.8 Å². The number of rotatable bonds is 2. The average Bonchev–Trinajstić information content (AvgIpc) is 2.59. The number of carbonyl (C=O) groups excluding carboxylic acids is 2. The first kappa shape index (κ1) is 14.3. The number of nitrogens with zero attached hydrogens (tertiary/aromatic N) is 2. The van der Waals surface area contributed by atoms with Gasteiger partial charge in [0.25, 0.3) is 0 Å². The van der Waals surface area contributed by atoms with Crippen molar-refractivity contribution in [2.24, 2.45) is 5.92 Å². The summed E-state index contributed by atoms with van der Waals surface area (Å²) < 4.78 is 5.58. The van der Waals surface area contributed by atoms with E-state index >= 15 is 0 Å². The molecule has 0 aliphatic carbocycles. The standard InChI is InChI=1S/C12H15ClN2O3S/c1-12(2,3)18-11(17)15-5-7(6-15)9(16)8-4-14-10(13)19-8/h4,7H,5-6H2,1-3H3. The molecule has 1 aromatic rings. The van der Waals surface area contributed by atoms with E-state index in [9.17, 15) is 9.59 Å². The van der Waals surface area contributed by atoms with Crippen molar-refractivity contribution in [3.05, 3.63) is 15.5 Å². The molecule has 1 aliphatic rings. The predicted octanol–water partition coefficient (Wildman–Crippen LogP) is 2.85. The maximum Gasteiger partial charge on any atom is 0.410 e. The molecule has 0 bridgehead atoms. The Kier molecular flexibility index (Phi) is 3.82. The lowest BCUT2D eigenvalue weighted by atomic mass is 9.95. The molecule has 2 rings (SSSR count). The summed E-state index contributed by atoms with van der Waals surface area (Å²) in [4.78, 5) is 29.6. The lowest BCUT2D eigenvalue weighted by Gasteiger charge is -2.38. The van der Waals surface area contributed by atoms with Crippen LogP contribution in [0.25, 0.3) is 0 Å². The monoisotopic (exact) mass is 302 g/mol. The molecule has 0 radical (unpaired) electrons. The summed E-state index contributed by atoms with van der Waals surface area (Å²) in [6.07, 6.45) is 1.10. The molecule has 5 nitrogen and oxygen atoms in total. The third-order valence-corrected chi connectivity index (χ3v) is 3.75. The minimum atomic E-state index is -0.516. The fraction of sp³-hybridized carbons (Fsp3) is 0.583. The second-order valence-corrected chi connectivity index (χ2v) is 7.04. The number of thiazole rings is 1. The summed E-state index contributed by atoms with van der Waals surface area (Å²) in [7, 11) is 0. The number of Topliss-reactive ketones (excluding diaryl/α,β-unsaturated/α-hetero) is 1. The van der Waals surface area contributed by atoms with Gasteiger partial charge >= 0.3 is 6.09 Å². The molecule has 1 fully saturated rings. The van der Waals surface area contributed by atoms with Crippen LogP contribution >= 0.6 is 22.9 Å². The summed E-state index contributed by atoms with van der Waals surface area (Å²) in [5.41, 5.74) is -0.516. The summed E-state index contributed by atoms with van der Waals surface area (Å²) in [6.45, 7) is 6.22. The Labute approximate surface area is 120 Å². The number of hydrogen-bond acceptors (Lipinski definition) is 5. The number of likely N-dealkylation sites (tertiary alicyclic amines) is 1. The van der Waals surface area contributed by atoms with Crippen LogP contribution in [-0.4, -0.2) is 40.5 Å². The smallest absolute Gasteiger partial charge is 0.410 e. The second kappa shape index (κ2) is 5.09. The van der Waals surface area contributed by atoms with Crippen molar-refractivity contribution in [2.75, 3.05) is 13.1 Å². The van der Waals surface area contributed by atoms with Crippen molar-refractivity contribution >= 4 is 34.8 Å². The van der Waals surface area contributed by atoms with E-state index in [4.69, 9.17) is 16.3 Å². The topological polar surface area (TPSA) is 59.5 Å². The molecule has 1 amide bonds. The second-order valence-electron chi connectivity index (χ2n) is 5.42. The van der Waals surface area contributed by atoms with Gasteiger partial charge in [-0.25, -0.2) is 9.78 Å². The number of halogens is 1. The zero-order chi connectivity index (χ0) is 14.2. The van der Waals surface area contributed by atoms with Gasteiger partial charge in [0, 0.05) is 13.1 Å². The molecule has 2 heterocycles. The molecule has 1 saturated heterocycles. The van der Waals surface area contributed by atoms with Crippen LogP contribution in [-0.2, 0) is 4.74 Å². The van der Waals surface area contributed by atoms with Crippen LogP contribution in [0.3, 0.4) is 0 Å². The molecule has 0 N–H and O–H groups in total. The lowest BCUT2D eigenvalue weighted by Crippen LogP contribution is -2.54. The molecule has 1 aromatic heterocycles. The Hall–Kier alpha value is -1.14. The molecular weight excluding hydrogens is 288 g/mol. The zero-order valence-corrected chi connectivity index (χ0v) is 12.5. The molecule has 7 heteroatoms. The van der Waals surface area contributed by atoms with Crippen LogP contribution in [0.1, 0.15) is 30.4 Å². The van der Waals surface area contributed by atoms with E-state index in [1.54, 1.807) is 0 Å². The molecule has 0 atom stereocenters. The van der Waals surface area contributed by atoms with Gasteiger partial charge in [0.05, 0.1) is 17.0 Å². The summed E-state index contributed by atoms with van der Waals surface area (Å²) in [5, 5.41) is 0. The molecule has 0 saturated carbocycles. The molecule has 1 aliphatic heterocycles. The van der Waals surface area contributed by atoms with E-state index < -0.39 is 5.60 Å². The Bertz CT molecular complexity index is 503. The van der Waals surface area contributed by atoms with E-state index in [2.05, 4.69) is 4.98 Å². The van der Waals surface area contributed by atoms with Crippen LogP contribution in [0.5, 0.6) is 0 Å². The Morgan fingerprint density at radius 3 is 2.58 bits per heavy atom. The van der Waals surface area contributed by atoms with Crippen LogP contribution < -0.4 is 0 Å². The van der Waals surface area contributed by atoms with Gasteiger partial charge in [-0.15, -0.1) is 0 Å². The van der Waals surface area contributed by atoms with Crippen LogP contribution in [0.2, 0.25) is 4.47 Å². The Balaban J connectivity index is 1.86. The highest BCUT2D eigenvalue weighted by Gasteiger charge is 2.38. The van der Waals surface area contributed by atoms with E-state index in [1.165, 1.54) is 11.1 Å². The first-order chi connectivity index (χ1) is 8.76. The van der Waals surface area contributed by atoms with Crippen LogP contribution in [0.4, 0.5) is 4.79 Å². The maximum atomic E-state index is 12.0. The number of carbonyl (C=O) groups is 2. The SMILES string of the molecule is CC(C)(C)OC(=O)N1CC(C(=O)c2cnc(Cl)s2)C1. The highest BCUT2D eigenvalue weighted by atomic mass is 35.5. The van der Waals surface area contributed by atoms with E-state index in [0.29, 0.717) is 22.4 Å². The Morgan fingerprint density at radius 1 is 1.47 bits per heavy atom. The highest BCUT2D eigenvalue weighted by molar-refractivity contribution is 7.17. The fourth-order valence-corrected chi connectivity index (χ4v) is 2.65. The van der Waals surface area contributed by atoms with Crippen molar-refractivity contribution < 1.29 is 14.3 Å². The van der Waals surface area contributed by atoms with Gasteiger partial charge in [0.1, 0.15) is 5.60 Å². The molecule has 0 unspecified atom stereocenters. The predicted molar refractivity (Wildman–Crippen MR) is 72.8 cm³/mol. The molecule has 104 valence electrons. The largest absolute Gasteiger partial charge is 0.444 e. The number of aromatic nitrogens is 1. The van der Waals surface area contributed by atoms with Crippen molar-refractivity contribution in [1.29, 1.82) is 0 Å². The minimum Gasteiger partial charge on any atom is -0.444 e. The zero-order valence-electron chi connectivity index (χ0n) is 11.0. The number of ether oxygens (including phenoxy) is 1. The molecule has 0 spiro atoms. The highest BCUT2D eigenvalue weighted by Crippen LogP contribution is 2.26. The Morgan fingerprint density at radius 2 is 2.11 bits per heavy atom. The quantitative estimate of drug-likeness (QED) is 0.788. The maximum absolute atomic E-state index is 12.0. The van der Waals surface area contributed by atoms with Crippen molar-refractivity contribution in [2.45, 2.75) is 26.4 Å². The minimum absolute atomic E-state index is 0.00999. The van der Waals surface area contributed by atoms with Crippen LogP contribution in [0.15, 0.2) is 6.20 Å². The van der Waals surface area contributed by atoms with Crippen molar-refractivity contribution in [1.82, 2.24) is 9.88 Å². The van der Waals surface area contributed by atoms with Gasteiger partial charge in [-0.3, -0.25) is 4.79 Å². The van der Waals surface area contributed by atoms with Gasteiger partial charge in [0.15, 0.2) is 10.3 Å². The van der Waals surface area contributed by atoms with Crippen LogP contribution in [0, 0.1) is 5.92 Å². The third-order valence-electron chi connectivity index (χ3n) is 2.62. The first-order valence-electron chi connectivity index (χ1n) is 5.90. The molecule has 19 heavy (non-hydrogen) atoms. The van der Waals surface area contributed by atoms with E-state index in [0.717, 1.165) is 11.3 Å². The normalized spacial score (nSPS) is 16.1. The van der Waals surface area contributed by atoms with Gasteiger partial charge < -0.3 is 9.64 Å². The van der Waals surface area contributed by atoms with Gasteiger partial charge in [0.2, 0.25) is 0 Å². The summed E-state index contributed by atoms with van der Waals surface area (Å²) in [5.74, 6) is -0.187.